The van der Waals surface area contributed by atoms with Crippen LogP contribution in [0.3, 0.4) is 0 Å². The van der Waals surface area contributed by atoms with Gasteiger partial charge in [-0.15, -0.1) is 0 Å². The highest BCUT2D eigenvalue weighted by molar-refractivity contribution is 5.56. The summed E-state index contributed by atoms with van der Waals surface area (Å²) >= 11 is 0. The van der Waals surface area contributed by atoms with Crippen LogP contribution < -0.4 is 5.73 Å². The Hall–Kier alpha value is -0.610. The van der Waals surface area contributed by atoms with Crippen LogP contribution in [0.5, 0.6) is 0 Å². The highest BCUT2D eigenvalue weighted by Crippen LogP contribution is 2.05. The Morgan fingerprint density at radius 3 is 2.00 bits per heavy atom. The third-order valence-electron chi connectivity index (χ3n) is 2.17. The fraction of sp³-hybridized carbons (Fsp3) is 0.857. The summed E-state index contributed by atoms with van der Waals surface area (Å²) in [6, 6.07) is 0. The van der Waals surface area contributed by atoms with Gasteiger partial charge in [0.2, 0.25) is 0 Å². The third-order valence-corrected chi connectivity index (χ3v) is 2.17. The van der Waals surface area contributed by atoms with E-state index in [0.717, 1.165) is 0 Å². The van der Waals surface area contributed by atoms with Gasteiger partial charge in [0, 0.05) is 6.54 Å². The molecule has 0 aromatic carbocycles. The summed E-state index contributed by atoms with van der Waals surface area (Å²) in [4.78, 5) is 10.8. The zero-order valence-electron chi connectivity index (χ0n) is 7.21. The zero-order valence-corrected chi connectivity index (χ0v) is 7.21. The molecule has 0 spiro atoms. The van der Waals surface area contributed by atoms with Crippen LogP contribution in [-0.2, 0) is 0 Å². The quantitative estimate of drug-likeness (QED) is 0.589. The highest BCUT2D eigenvalue weighted by Gasteiger charge is 2.31. The molecule has 11 heavy (non-hydrogen) atoms. The van der Waals surface area contributed by atoms with Crippen LogP contribution in [0.2, 0.25) is 0 Å². The van der Waals surface area contributed by atoms with E-state index in [9.17, 15) is 4.79 Å². The van der Waals surface area contributed by atoms with Gasteiger partial charge in [-0.25, -0.2) is 4.48 Å². The van der Waals surface area contributed by atoms with Crippen molar-refractivity contribution in [3.05, 3.63) is 0 Å². The lowest BCUT2D eigenvalue weighted by Gasteiger charge is -2.29. The van der Waals surface area contributed by atoms with E-state index in [0.29, 0.717) is 26.2 Å². The van der Waals surface area contributed by atoms with Crippen LogP contribution in [0.25, 0.3) is 0 Å². The fourth-order valence-electron chi connectivity index (χ4n) is 1.15. The van der Waals surface area contributed by atoms with E-state index >= 15 is 0 Å². The molecule has 0 unspecified atom stereocenters. The molecule has 0 saturated heterocycles. The SMILES string of the molecule is CC[N+](CC)(CCN)C(=O)O. The molecule has 4 heteroatoms. The second kappa shape index (κ2) is 4.31. The van der Waals surface area contributed by atoms with E-state index in [-0.39, 0.29) is 4.48 Å². The summed E-state index contributed by atoms with van der Waals surface area (Å²) < 4.78 is 0.0799. The first-order valence-electron chi connectivity index (χ1n) is 3.92. The summed E-state index contributed by atoms with van der Waals surface area (Å²) in [6.45, 7) is 5.88. The fourth-order valence-corrected chi connectivity index (χ4v) is 1.15. The van der Waals surface area contributed by atoms with E-state index < -0.39 is 6.09 Å². The number of likely N-dealkylation sites (N-methyl/N-ethyl adjacent to an activating group) is 1. The number of rotatable bonds is 4. The van der Waals surface area contributed by atoms with Crippen LogP contribution >= 0.6 is 0 Å². The van der Waals surface area contributed by atoms with Gasteiger partial charge >= 0.3 is 6.09 Å². The molecular formula is C7H17N2O2+. The first kappa shape index (κ1) is 10.4. The van der Waals surface area contributed by atoms with Gasteiger partial charge in [0.1, 0.15) is 6.54 Å². The average molecular weight is 161 g/mol. The number of hydrogen-bond acceptors (Lipinski definition) is 2. The molecule has 1 amide bonds. The molecule has 0 rings (SSSR count). The van der Waals surface area contributed by atoms with Crippen molar-refractivity contribution in [3.8, 4) is 0 Å². The van der Waals surface area contributed by atoms with E-state index in [1.54, 1.807) is 0 Å². The van der Waals surface area contributed by atoms with Gasteiger partial charge in [-0.3, -0.25) is 0 Å². The Bertz CT molecular complexity index is 132. The Morgan fingerprint density at radius 1 is 1.45 bits per heavy atom. The minimum atomic E-state index is -0.777. The molecule has 0 heterocycles. The van der Waals surface area contributed by atoms with Crippen molar-refractivity contribution in [2.75, 3.05) is 26.2 Å². The highest BCUT2D eigenvalue weighted by atomic mass is 16.4. The summed E-state index contributed by atoms with van der Waals surface area (Å²) in [5.41, 5.74) is 5.32. The minimum absolute atomic E-state index is 0.0799. The Morgan fingerprint density at radius 2 is 1.91 bits per heavy atom. The van der Waals surface area contributed by atoms with Gasteiger partial charge in [0.25, 0.3) is 0 Å². The first-order valence-corrected chi connectivity index (χ1v) is 3.92. The largest absolute Gasteiger partial charge is 0.513 e. The summed E-state index contributed by atoms with van der Waals surface area (Å²) in [6.07, 6.45) is -0.777. The lowest BCUT2D eigenvalue weighted by molar-refractivity contribution is -0.852. The number of carbonyl (C=O) groups is 1. The van der Waals surface area contributed by atoms with Crippen molar-refractivity contribution < 1.29 is 14.4 Å². The molecule has 0 aliphatic heterocycles. The Labute approximate surface area is 67.2 Å². The van der Waals surface area contributed by atoms with Crippen molar-refractivity contribution >= 4 is 6.09 Å². The molecule has 0 bridgehead atoms. The number of nitrogens with zero attached hydrogens (tertiary/aromatic N) is 1. The smallest absolute Gasteiger partial charge is 0.435 e. The van der Waals surface area contributed by atoms with Gasteiger partial charge < -0.3 is 10.8 Å². The molecule has 0 fully saturated rings. The number of hydrogen-bond donors (Lipinski definition) is 2. The van der Waals surface area contributed by atoms with Gasteiger partial charge in [-0.05, 0) is 13.8 Å². The molecule has 4 nitrogen and oxygen atoms in total. The zero-order chi connectivity index (χ0) is 8.91. The standard InChI is InChI=1S/C7H16N2O2/c1-3-9(4-2,6-5-8)7(10)11/h3-6,8H2,1-2H3/p+1. The molecule has 0 aliphatic carbocycles. The van der Waals surface area contributed by atoms with E-state index in [2.05, 4.69) is 0 Å². The van der Waals surface area contributed by atoms with Crippen molar-refractivity contribution in [2.24, 2.45) is 5.73 Å². The van der Waals surface area contributed by atoms with Crippen molar-refractivity contribution in [1.82, 2.24) is 0 Å². The summed E-state index contributed by atoms with van der Waals surface area (Å²) in [7, 11) is 0. The second-order valence-electron chi connectivity index (χ2n) is 2.57. The van der Waals surface area contributed by atoms with Gasteiger partial charge in [-0.2, -0.15) is 4.79 Å². The first-order chi connectivity index (χ1) is 5.13. The number of quaternary nitrogens is 1. The molecular weight excluding hydrogens is 144 g/mol. The van der Waals surface area contributed by atoms with Crippen LogP contribution in [0.4, 0.5) is 4.79 Å². The van der Waals surface area contributed by atoms with Crippen LogP contribution in [0.1, 0.15) is 13.8 Å². The summed E-state index contributed by atoms with van der Waals surface area (Å²) in [5.74, 6) is 0. The van der Waals surface area contributed by atoms with Gasteiger partial charge in [0.15, 0.2) is 0 Å². The molecule has 0 radical (unpaired) electrons. The minimum Gasteiger partial charge on any atom is -0.435 e. The molecule has 66 valence electrons. The Balaban J connectivity index is 4.32. The maximum Gasteiger partial charge on any atom is 0.513 e. The van der Waals surface area contributed by atoms with Gasteiger partial charge in [0.05, 0.1) is 13.1 Å². The maximum atomic E-state index is 10.8. The predicted molar refractivity (Wildman–Crippen MR) is 43.3 cm³/mol. The number of nitrogens with two attached hydrogens (primary N) is 1. The molecule has 0 aromatic rings. The van der Waals surface area contributed by atoms with Crippen molar-refractivity contribution in [1.29, 1.82) is 0 Å². The van der Waals surface area contributed by atoms with E-state index in [4.69, 9.17) is 10.8 Å². The number of carboxylic acid groups (broad SMARTS) is 1. The topological polar surface area (TPSA) is 63.3 Å². The normalized spacial score (nSPS) is 11.5. The second-order valence-corrected chi connectivity index (χ2v) is 2.57. The van der Waals surface area contributed by atoms with Crippen molar-refractivity contribution in [3.63, 3.8) is 0 Å². The molecule has 0 atom stereocenters. The Kier molecular flexibility index (Phi) is 4.07. The molecule has 0 aromatic heterocycles. The van der Waals surface area contributed by atoms with E-state index in [1.807, 2.05) is 13.8 Å². The van der Waals surface area contributed by atoms with E-state index in [1.165, 1.54) is 0 Å². The van der Waals surface area contributed by atoms with Crippen molar-refractivity contribution in [2.45, 2.75) is 13.8 Å². The average Bonchev–Trinajstić information content (AvgIpc) is 2.00. The van der Waals surface area contributed by atoms with Crippen LogP contribution in [0.15, 0.2) is 0 Å². The monoisotopic (exact) mass is 161 g/mol. The third kappa shape index (κ3) is 2.17. The maximum absolute atomic E-state index is 10.8. The van der Waals surface area contributed by atoms with Crippen LogP contribution in [0, 0.1) is 0 Å². The number of amides is 1. The molecule has 0 aliphatic rings. The predicted octanol–water partition coefficient (Wildman–Crippen LogP) is 0.480. The molecule has 0 saturated carbocycles. The molecule has 3 N–H and O–H groups in total. The lowest BCUT2D eigenvalue weighted by atomic mass is 10.3. The lowest BCUT2D eigenvalue weighted by Crippen LogP contribution is -2.54. The summed E-state index contributed by atoms with van der Waals surface area (Å²) in [5, 5.41) is 8.87. The van der Waals surface area contributed by atoms with Gasteiger partial charge in [-0.1, -0.05) is 0 Å². The van der Waals surface area contributed by atoms with Crippen LogP contribution in [-0.4, -0.2) is 41.9 Å².